The fourth-order valence-corrected chi connectivity index (χ4v) is 3.81. The molecule has 0 amide bonds. The van der Waals surface area contributed by atoms with E-state index in [1.54, 1.807) is 10.9 Å². The molecule has 114 valence electrons. The van der Waals surface area contributed by atoms with Crippen LogP contribution in [0.4, 0.5) is 5.82 Å². The predicted molar refractivity (Wildman–Crippen MR) is 85.9 cm³/mol. The van der Waals surface area contributed by atoms with Gasteiger partial charge in [0.25, 0.3) is 0 Å². The molecule has 2 aromatic heterocycles. The van der Waals surface area contributed by atoms with E-state index in [2.05, 4.69) is 39.2 Å². The van der Waals surface area contributed by atoms with Crippen molar-refractivity contribution in [2.75, 3.05) is 17.7 Å². The first kappa shape index (κ1) is 14.6. The smallest absolute Gasteiger partial charge is 0.163 e. The number of anilines is 1. The van der Waals surface area contributed by atoms with Crippen LogP contribution in [0.2, 0.25) is 0 Å². The van der Waals surface area contributed by atoms with E-state index >= 15 is 0 Å². The molecule has 2 unspecified atom stereocenters. The van der Waals surface area contributed by atoms with E-state index in [1.807, 2.05) is 18.8 Å². The molecule has 0 aromatic carbocycles. The first-order chi connectivity index (χ1) is 10.1. The summed E-state index contributed by atoms with van der Waals surface area (Å²) < 4.78 is 1.75. The monoisotopic (exact) mass is 307 g/mol. The van der Waals surface area contributed by atoms with Crippen molar-refractivity contribution in [2.45, 2.75) is 31.7 Å². The highest BCUT2D eigenvalue weighted by Gasteiger charge is 2.26. The fourth-order valence-electron chi connectivity index (χ4n) is 2.65. The number of nitrogens with zero attached hydrogens (tertiary/aromatic N) is 5. The van der Waals surface area contributed by atoms with Crippen LogP contribution in [0.1, 0.15) is 19.7 Å². The molecular weight excluding hydrogens is 286 g/mol. The Hall–Kier alpha value is -1.38. The number of nitrogens with two attached hydrogens (primary N) is 1. The Kier molecular flexibility index (Phi) is 4.01. The Labute approximate surface area is 128 Å². The summed E-state index contributed by atoms with van der Waals surface area (Å²) in [5.74, 6) is 8.15. The molecule has 8 heteroatoms. The van der Waals surface area contributed by atoms with Crippen LogP contribution in [-0.4, -0.2) is 48.2 Å². The third-order valence-electron chi connectivity index (χ3n) is 4.13. The molecule has 2 aromatic rings. The van der Waals surface area contributed by atoms with Crippen LogP contribution in [0.5, 0.6) is 0 Å². The van der Waals surface area contributed by atoms with Gasteiger partial charge in [0.2, 0.25) is 0 Å². The zero-order chi connectivity index (χ0) is 15.0. The van der Waals surface area contributed by atoms with E-state index in [1.165, 1.54) is 0 Å². The molecule has 3 rings (SSSR count). The van der Waals surface area contributed by atoms with Crippen molar-refractivity contribution in [3.8, 4) is 0 Å². The van der Waals surface area contributed by atoms with Crippen molar-refractivity contribution in [3.05, 3.63) is 12.0 Å². The minimum absolute atomic E-state index is 0.517. The van der Waals surface area contributed by atoms with Crippen LogP contribution in [0, 0.1) is 0 Å². The summed E-state index contributed by atoms with van der Waals surface area (Å²) in [6, 6.07) is 0.517. The highest BCUT2D eigenvalue weighted by molar-refractivity contribution is 8.00. The van der Waals surface area contributed by atoms with Gasteiger partial charge in [0.1, 0.15) is 5.82 Å². The average Bonchev–Trinajstić information content (AvgIpc) is 2.85. The summed E-state index contributed by atoms with van der Waals surface area (Å²) in [4.78, 5) is 11.6. The van der Waals surface area contributed by atoms with Crippen LogP contribution < -0.4 is 11.3 Å². The van der Waals surface area contributed by atoms with Crippen molar-refractivity contribution in [1.82, 2.24) is 24.6 Å². The quantitative estimate of drug-likeness (QED) is 0.645. The molecule has 1 fully saturated rings. The molecule has 0 saturated carbocycles. The summed E-state index contributed by atoms with van der Waals surface area (Å²) in [5, 5.41) is 5.70. The second kappa shape index (κ2) is 5.78. The summed E-state index contributed by atoms with van der Waals surface area (Å²) in [6.45, 7) is 6.34. The van der Waals surface area contributed by atoms with E-state index in [-0.39, 0.29) is 0 Å². The molecule has 0 aliphatic carbocycles. The topological polar surface area (TPSA) is 84.9 Å². The molecule has 2 atom stereocenters. The number of rotatable bonds is 3. The molecular formula is C13H21N7S. The zero-order valence-corrected chi connectivity index (χ0v) is 13.4. The maximum Gasteiger partial charge on any atom is 0.163 e. The third kappa shape index (κ3) is 2.70. The van der Waals surface area contributed by atoms with Crippen molar-refractivity contribution in [2.24, 2.45) is 12.9 Å². The molecule has 3 N–H and O–H groups in total. The van der Waals surface area contributed by atoms with Gasteiger partial charge in [-0.25, -0.2) is 15.8 Å². The van der Waals surface area contributed by atoms with E-state index in [0.717, 1.165) is 35.7 Å². The SMILES string of the molecule is CC1SCCN(Cc2nc(NN)c3cnn(C)c3n2)C1C. The van der Waals surface area contributed by atoms with Gasteiger partial charge >= 0.3 is 0 Å². The van der Waals surface area contributed by atoms with Crippen LogP contribution in [-0.2, 0) is 13.6 Å². The predicted octanol–water partition coefficient (Wildman–Crippen LogP) is 0.975. The summed E-state index contributed by atoms with van der Waals surface area (Å²) in [6.07, 6.45) is 1.73. The lowest BCUT2D eigenvalue weighted by atomic mass is 10.2. The second-order valence-electron chi connectivity index (χ2n) is 5.43. The van der Waals surface area contributed by atoms with Crippen molar-refractivity contribution in [1.29, 1.82) is 0 Å². The second-order valence-corrected chi connectivity index (χ2v) is 6.91. The van der Waals surface area contributed by atoms with Crippen LogP contribution in [0.3, 0.4) is 0 Å². The van der Waals surface area contributed by atoms with E-state index in [4.69, 9.17) is 5.84 Å². The number of thioether (sulfide) groups is 1. The number of hydrazine groups is 1. The van der Waals surface area contributed by atoms with Gasteiger partial charge in [-0.05, 0) is 6.92 Å². The highest BCUT2D eigenvalue weighted by Crippen LogP contribution is 2.26. The zero-order valence-electron chi connectivity index (χ0n) is 12.6. The van der Waals surface area contributed by atoms with Gasteiger partial charge in [-0.1, -0.05) is 6.92 Å². The number of hydrogen-bond acceptors (Lipinski definition) is 7. The summed E-state index contributed by atoms with van der Waals surface area (Å²) >= 11 is 2.03. The largest absolute Gasteiger partial charge is 0.308 e. The Morgan fingerprint density at radius 3 is 3.00 bits per heavy atom. The van der Waals surface area contributed by atoms with E-state index < -0.39 is 0 Å². The number of aromatic nitrogens is 4. The van der Waals surface area contributed by atoms with Gasteiger partial charge in [-0.3, -0.25) is 9.58 Å². The van der Waals surface area contributed by atoms with Gasteiger partial charge in [0.15, 0.2) is 11.5 Å². The molecule has 3 heterocycles. The standard InChI is InChI=1S/C13H21N7S/c1-8-9(2)21-5-4-20(8)7-11-16-12(18-14)10-6-15-19(3)13(10)17-11/h6,8-9H,4-5,7,14H2,1-3H3,(H,16,17,18). The average molecular weight is 307 g/mol. The third-order valence-corrected chi connectivity index (χ3v) is 5.47. The maximum atomic E-state index is 5.58. The first-order valence-corrected chi connectivity index (χ1v) is 8.16. The lowest BCUT2D eigenvalue weighted by Crippen LogP contribution is -2.44. The normalized spacial score (nSPS) is 23.6. The molecule has 0 spiro atoms. The Balaban J connectivity index is 1.91. The van der Waals surface area contributed by atoms with E-state index in [9.17, 15) is 0 Å². The minimum atomic E-state index is 0.517. The number of nitrogen functional groups attached to an aromatic ring is 1. The van der Waals surface area contributed by atoms with Gasteiger partial charge in [0.05, 0.1) is 18.1 Å². The van der Waals surface area contributed by atoms with Crippen molar-refractivity contribution in [3.63, 3.8) is 0 Å². The molecule has 7 nitrogen and oxygen atoms in total. The first-order valence-electron chi connectivity index (χ1n) is 7.11. The molecule has 21 heavy (non-hydrogen) atoms. The van der Waals surface area contributed by atoms with Crippen LogP contribution in [0.15, 0.2) is 6.20 Å². The number of fused-ring (bicyclic) bond motifs is 1. The van der Waals surface area contributed by atoms with Crippen molar-refractivity contribution >= 4 is 28.6 Å². The Morgan fingerprint density at radius 2 is 2.24 bits per heavy atom. The lowest BCUT2D eigenvalue weighted by molar-refractivity contribution is 0.199. The summed E-state index contributed by atoms with van der Waals surface area (Å²) in [7, 11) is 1.88. The molecule has 1 saturated heterocycles. The molecule has 0 radical (unpaired) electrons. The number of hydrogen-bond donors (Lipinski definition) is 2. The molecule has 1 aliphatic rings. The summed E-state index contributed by atoms with van der Waals surface area (Å²) in [5.41, 5.74) is 3.46. The van der Waals surface area contributed by atoms with Gasteiger partial charge < -0.3 is 5.43 Å². The Morgan fingerprint density at radius 1 is 1.43 bits per heavy atom. The minimum Gasteiger partial charge on any atom is -0.308 e. The van der Waals surface area contributed by atoms with Crippen LogP contribution in [0.25, 0.3) is 11.0 Å². The number of aryl methyl sites for hydroxylation is 1. The fraction of sp³-hybridized carbons (Fsp3) is 0.615. The van der Waals surface area contributed by atoms with Gasteiger partial charge in [-0.2, -0.15) is 16.9 Å². The lowest BCUT2D eigenvalue weighted by Gasteiger charge is -2.36. The van der Waals surface area contributed by atoms with E-state index in [0.29, 0.717) is 17.1 Å². The van der Waals surface area contributed by atoms with Gasteiger partial charge in [-0.15, -0.1) is 0 Å². The number of nitrogens with one attached hydrogen (secondary N) is 1. The molecule has 1 aliphatic heterocycles. The highest BCUT2D eigenvalue weighted by atomic mass is 32.2. The van der Waals surface area contributed by atoms with Crippen LogP contribution >= 0.6 is 11.8 Å². The molecule has 0 bridgehead atoms. The Bertz CT molecular complexity index is 641. The maximum absolute atomic E-state index is 5.58. The van der Waals surface area contributed by atoms with Gasteiger partial charge in [0, 0.05) is 30.6 Å². The van der Waals surface area contributed by atoms with Crippen molar-refractivity contribution < 1.29 is 0 Å².